The van der Waals surface area contributed by atoms with Crippen LogP contribution >= 0.6 is 11.6 Å². The Morgan fingerprint density at radius 2 is 1.78 bits per heavy atom. The number of alkyl halides is 3. The SMILES string of the molecule is O=C(/C=C/c1ccccn1)c1c(-c2ccc(C(F)(F)F)cc2)c2cc(Cl)ccc2[nH]c1=O. The van der Waals surface area contributed by atoms with E-state index in [1.165, 1.54) is 24.3 Å². The van der Waals surface area contributed by atoms with Crippen LogP contribution < -0.4 is 5.56 Å². The fraction of sp³-hybridized carbons (Fsp3) is 0.0417. The van der Waals surface area contributed by atoms with Crippen LogP contribution in [0.25, 0.3) is 28.1 Å². The summed E-state index contributed by atoms with van der Waals surface area (Å²) in [5.74, 6) is -0.617. The third-order valence-corrected chi connectivity index (χ3v) is 5.05. The summed E-state index contributed by atoms with van der Waals surface area (Å²) in [6, 6.07) is 14.1. The average Bonchev–Trinajstić information content (AvgIpc) is 2.77. The highest BCUT2D eigenvalue weighted by molar-refractivity contribution is 6.31. The standard InChI is InChI=1S/C24H14ClF3N2O2/c25-16-8-10-19-18(13-16)21(14-4-6-15(7-5-14)24(26,27)28)22(23(32)30-19)20(31)11-9-17-3-1-2-12-29-17/h1-13H,(H,30,32)/b11-9+. The van der Waals surface area contributed by atoms with Crippen molar-refractivity contribution in [1.82, 2.24) is 9.97 Å². The second-order valence-electron chi connectivity index (χ2n) is 6.92. The highest BCUT2D eigenvalue weighted by atomic mass is 35.5. The van der Waals surface area contributed by atoms with Gasteiger partial charge < -0.3 is 4.98 Å². The fourth-order valence-electron chi connectivity index (χ4n) is 3.35. The molecule has 0 aliphatic carbocycles. The average molecular weight is 455 g/mol. The van der Waals surface area contributed by atoms with Crippen LogP contribution in [0, 0.1) is 0 Å². The summed E-state index contributed by atoms with van der Waals surface area (Å²) in [5.41, 5.74) is -0.299. The van der Waals surface area contributed by atoms with E-state index >= 15 is 0 Å². The largest absolute Gasteiger partial charge is 0.416 e. The van der Waals surface area contributed by atoms with Crippen molar-refractivity contribution >= 4 is 34.4 Å². The summed E-state index contributed by atoms with van der Waals surface area (Å²) in [4.78, 5) is 32.6. The number of aromatic nitrogens is 2. The highest BCUT2D eigenvalue weighted by Crippen LogP contribution is 2.35. The maximum Gasteiger partial charge on any atom is 0.416 e. The molecule has 2 aromatic heterocycles. The molecule has 32 heavy (non-hydrogen) atoms. The monoisotopic (exact) mass is 454 g/mol. The molecule has 0 fully saturated rings. The molecular formula is C24H14ClF3N2O2. The van der Waals surface area contributed by atoms with E-state index in [-0.39, 0.29) is 16.7 Å². The zero-order valence-corrected chi connectivity index (χ0v) is 17.0. The van der Waals surface area contributed by atoms with Crippen LogP contribution in [0.4, 0.5) is 13.2 Å². The Bertz CT molecular complexity index is 1390. The van der Waals surface area contributed by atoms with Crippen LogP contribution in [0.15, 0.2) is 77.7 Å². The van der Waals surface area contributed by atoms with Gasteiger partial charge in [0.25, 0.3) is 5.56 Å². The van der Waals surface area contributed by atoms with Gasteiger partial charge >= 0.3 is 6.18 Å². The number of nitrogens with zero attached hydrogens (tertiary/aromatic N) is 1. The molecule has 0 unspecified atom stereocenters. The van der Waals surface area contributed by atoms with E-state index < -0.39 is 23.1 Å². The minimum atomic E-state index is -4.51. The molecule has 4 nitrogen and oxygen atoms in total. The molecule has 1 N–H and O–H groups in total. The van der Waals surface area contributed by atoms with E-state index in [4.69, 9.17) is 11.6 Å². The molecule has 0 amide bonds. The Kier molecular flexibility index (Phi) is 5.67. The zero-order valence-electron chi connectivity index (χ0n) is 16.3. The van der Waals surface area contributed by atoms with E-state index in [2.05, 4.69) is 9.97 Å². The topological polar surface area (TPSA) is 62.8 Å². The van der Waals surface area contributed by atoms with Crippen LogP contribution in [-0.2, 0) is 6.18 Å². The summed E-state index contributed by atoms with van der Waals surface area (Å²) in [6.07, 6.45) is -0.290. The number of fused-ring (bicyclic) bond motifs is 1. The second kappa shape index (κ2) is 8.43. The minimum absolute atomic E-state index is 0.202. The van der Waals surface area contributed by atoms with Gasteiger partial charge in [-0.25, -0.2) is 0 Å². The maximum atomic E-state index is 13.0. The van der Waals surface area contributed by atoms with Crippen LogP contribution in [0.2, 0.25) is 5.02 Å². The lowest BCUT2D eigenvalue weighted by atomic mass is 9.93. The van der Waals surface area contributed by atoms with Gasteiger partial charge in [-0.3, -0.25) is 14.6 Å². The van der Waals surface area contributed by atoms with E-state index in [1.54, 1.807) is 42.6 Å². The first kappa shape index (κ1) is 21.5. The number of pyridine rings is 2. The third-order valence-electron chi connectivity index (χ3n) is 4.82. The molecule has 0 spiro atoms. The van der Waals surface area contributed by atoms with Crippen molar-refractivity contribution in [2.75, 3.05) is 0 Å². The van der Waals surface area contributed by atoms with Crippen molar-refractivity contribution in [2.45, 2.75) is 6.18 Å². The molecule has 4 aromatic rings. The van der Waals surface area contributed by atoms with Gasteiger partial charge in [-0.1, -0.05) is 29.8 Å². The molecule has 0 atom stereocenters. The van der Waals surface area contributed by atoms with E-state index in [0.29, 0.717) is 21.6 Å². The maximum absolute atomic E-state index is 13.0. The normalized spacial score (nSPS) is 11.9. The number of carbonyl (C=O) groups is 1. The van der Waals surface area contributed by atoms with E-state index in [9.17, 15) is 22.8 Å². The molecule has 0 bridgehead atoms. The number of carbonyl (C=O) groups excluding carboxylic acids is 1. The van der Waals surface area contributed by atoms with Crippen molar-refractivity contribution in [1.29, 1.82) is 0 Å². The lowest BCUT2D eigenvalue weighted by Crippen LogP contribution is -2.18. The van der Waals surface area contributed by atoms with Crippen molar-refractivity contribution in [3.8, 4) is 11.1 Å². The molecule has 0 aliphatic heterocycles. The molecule has 0 saturated carbocycles. The van der Waals surface area contributed by atoms with Gasteiger partial charge in [0, 0.05) is 27.7 Å². The lowest BCUT2D eigenvalue weighted by molar-refractivity contribution is -0.137. The summed E-state index contributed by atoms with van der Waals surface area (Å²) in [6.45, 7) is 0. The molecule has 160 valence electrons. The van der Waals surface area contributed by atoms with Gasteiger partial charge in [0.15, 0.2) is 5.78 Å². The first-order valence-corrected chi connectivity index (χ1v) is 9.78. The predicted octanol–water partition coefficient (Wildman–Crippen LogP) is 6.16. The van der Waals surface area contributed by atoms with Crippen molar-refractivity contribution < 1.29 is 18.0 Å². The number of halogens is 4. The Morgan fingerprint density at radius 1 is 1.03 bits per heavy atom. The van der Waals surface area contributed by atoms with Crippen LogP contribution in [-0.4, -0.2) is 15.8 Å². The third kappa shape index (κ3) is 4.33. The first-order chi connectivity index (χ1) is 15.2. The quantitative estimate of drug-likeness (QED) is 0.297. The second-order valence-corrected chi connectivity index (χ2v) is 7.36. The first-order valence-electron chi connectivity index (χ1n) is 9.40. The minimum Gasteiger partial charge on any atom is -0.321 e. The molecule has 0 aliphatic rings. The Balaban J connectivity index is 1.93. The molecule has 2 aromatic carbocycles. The molecule has 4 rings (SSSR count). The van der Waals surface area contributed by atoms with Gasteiger partial charge in [-0.05, 0) is 60.2 Å². The number of aromatic amines is 1. The predicted molar refractivity (Wildman–Crippen MR) is 118 cm³/mol. The molecule has 0 saturated heterocycles. The van der Waals surface area contributed by atoms with Gasteiger partial charge in [0.1, 0.15) is 0 Å². The number of rotatable bonds is 4. The smallest absolute Gasteiger partial charge is 0.321 e. The van der Waals surface area contributed by atoms with Crippen molar-refractivity contribution in [2.24, 2.45) is 0 Å². The Morgan fingerprint density at radius 3 is 2.44 bits per heavy atom. The van der Waals surface area contributed by atoms with Crippen LogP contribution in [0.1, 0.15) is 21.6 Å². The number of ketones is 1. The van der Waals surface area contributed by atoms with Gasteiger partial charge in [0.05, 0.1) is 16.8 Å². The number of hydrogen-bond acceptors (Lipinski definition) is 3. The summed E-state index contributed by atoms with van der Waals surface area (Å²) < 4.78 is 39.1. The molecule has 8 heteroatoms. The van der Waals surface area contributed by atoms with E-state index in [0.717, 1.165) is 12.1 Å². The lowest BCUT2D eigenvalue weighted by Gasteiger charge is -2.13. The molecule has 0 radical (unpaired) electrons. The van der Waals surface area contributed by atoms with Crippen LogP contribution in [0.5, 0.6) is 0 Å². The Labute approximate surface area is 185 Å². The number of H-pyrrole nitrogens is 1. The summed E-state index contributed by atoms with van der Waals surface area (Å²) >= 11 is 6.13. The van der Waals surface area contributed by atoms with Gasteiger partial charge in [-0.2, -0.15) is 13.2 Å². The Hall–Kier alpha value is -3.71. The summed E-state index contributed by atoms with van der Waals surface area (Å²) in [5, 5.41) is 0.784. The zero-order chi connectivity index (χ0) is 22.9. The molecule has 2 heterocycles. The number of allylic oxidation sites excluding steroid dienone is 1. The van der Waals surface area contributed by atoms with Gasteiger partial charge in [0.2, 0.25) is 0 Å². The number of hydrogen-bond donors (Lipinski definition) is 1. The van der Waals surface area contributed by atoms with Crippen LogP contribution in [0.3, 0.4) is 0 Å². The number of nitrogens with one attached hydrogen (secondary N) is 1. The molecular weight excluding hydrogens is 441 g/mol. The van der Waals surface area contributed by atoms with Crippen molar-refractivity contribution in [3.63, 3.8) is 0 Å². The van der Waals surface area contributed by atoms with Crippen molar-refractivity contribution in [3.05, 3.63) is 105 Å². The fourth-order valence-corrected chi connectivity index (χ4v) is 3.52. The van der Waals surface area contributed by atoms with Gasteiger partial charge in [-0.15, -0.1) is 0 Å². The highest BCUT2D eigenvalue weighted by Gasteiger charge is 2.30. The summed E-state index contributed by atoms with van der Waals surface area (Å²) in [7, 11) is 0. The van der Waals surface area contributed by atoms with E-state index in [1.807, 2.05) is 0 Å². The number of benzene rings is 2.